The van der Waals surface area contributed by atoms with Crippen LogP contribution in [0.1, 0.15) is 38.4 Å². The monoisotopic (exact) mass is 264 g/mol. The third-order valence-corrected chi connectivity index (χ3v) is 4.10. The molecule has 0 bridgehead atoms. The Kier molecular flexibility index (Phi) is 3.19. The van der Waals surface area contributed by atoms with Crippen LogP contribution in [-0.4, -0.2) is 14.8 Å². The van der Waals surface area contributed by atoms with Crippen molar-refractivity contribution in [3.63, 3.8) is 0 Å². The Bertz CT molecular complexity index is 560. The number of hydrogen-bond acceptors (Lipinski definition) is 4. The molecule has 0 atom stereocenters. The van der Waals surface area contributed by atoms with E-state index in [1.54, 1.807) is 11.3 Å². The van der Waals surface area contributed by atoms with Crippen LogP contribution in [-0.2, 0) is 18.9 Å². The Morgan fingerprint density at radius 2 is 2.06 bits per heavy atom. The van der Waals surface area contributed by atoms with Gasteiger partial charge in [-0.2, -0.15) is 5.10 Å². The van der Waals surface area contributed by atoms with E-state index in [4.69, 9.17) is 10.7 Å². The Labute approximate surface area is 112 Å². The van der Waals surface area contributed by atoms with Crippen molar-refractivity contribution in [2.75, 3.05) is 5.73 Å². The van der Waals surface area contributed by atoms with Crippen molar-refractivity contribution in [2.24, 2.45) is 7.05 Å². The van der Waals surface area contributed by atoms with E-state index in [1.165, 1.54) is 0 Å². The SMILES string of the molecule is CCc1nn(C)cc1-c1nc(C(C)(C)C)sc1N. The molecule has 0 aliphatic rings. The topological polar surface area (TPSA) is 56.7 Å². The predicted octanol–water partition coefficient (Wildman–Crippen LogP) is 2.99. The van der Waals surface area contributed by atoms with Crippen LogP contribution < -0.4 is 5.73 Å². The van der Waals surface area contributed by atoms with E-state index in [0.29, 0.717) is 0 Å². The van der Waals surface area contributed by atoms with Gasteiger partial charge in [-0.15, -0.1) is 11.3 Å². The van der Waals surface area contributed by atoms with Gasteiger partial charge in [-0.25, -0.2) is 4.98 Å². The highest BCUT2D eigenvalue weighted by Gasteiger charge is 2.23. The van der Waals surface area contributed by atoms with Crippen LogP contribution in [0.5, 0.6) is 0 Å². The Morgan fingerprint density at radius 1 is 1.39 bits per heavy atom. The molecule has 0 saturated heterocycles. The fourth-order valence-electron chi connectivity index (χ4n) is 1.84. The fraction of sp³-hybridized carbons (Fsp3) is 0.538. The molecule has 0 spiro atoms. The largest absolute Gasteiger partial charge is 0.389 e. The number of aryl methyl sites for hydroxylation is 2. The van der Waals surface area contributed by atoms with Gasteiger partial charge in [-0.3, -0.25) is 4.68 Å². The van der Waals surface area contributed by atoms with Crippen molar-refractivity contribution in [3.05, 3.63) is 16.9 Å². The third kappa shape index (κ3) is 2.27. The molecular formula is C13H20N4S. The summed E-state index contributed by atoms with van der Waals surface area (Å²) in [4.78, 5) is 4.71. The smallest absolute Gasteiger partial charge is 0.114 e. The van der Waals surface area contributed by atoms with Crippen LogP contribution >= 0.6 is 11.3 Å². The van der Waals surface area contributed by atoms with Gasteiger partial charge in [-0.1, -0.05) is 27.7 Å². The first-order valence-corrected chi connectivity index (χ1v) is 6.94. The number of anilines is 1. The van der Waals surface area contributed by atoms with Gasteiger partial charge in [0.25, 0.3) is 0 Å². The minimum Gasteiger partial charge on any atom is -0.389 e. The summed E-state index contributed by atoms with van der Waals surface area (Å²) in [6.07, 6.45) is 2.88. The molecule has 0 aromatic carbocycles. The third-order valence-electron chi connectivity index (χ3n) is 2.79. The quantitative estimate of drug-likeness (QED) is 0.907. The van der Waals surface area contributed by atoms with Crippen molar-refractivity contribution < 1.29 is 0 Å². The van der Waals surface area contributed by atoms with Crippen molar-refractivity contribution in [1.82, 2.24) is 14.8 Å². The normalized spacial score (nSPS) is 12.1. The molecule has 0 aliphatic carbocycles. The minimum atomic E-state index is 0.0334. The Balaban J connectivity index is 2.54. The zero-order valence-electron chi connectivity index (χ0n) is 11.6. The molecule has 2 aromatic rings. The molecule has 2 heterocycles. The first-order chi connectivity index (χ1) is 8.32. The van der Waals surface area contributed by atoms with Gasteiger partial charge in [0.2, 0.25) is 0 Å². The molecule has 0 amide bonds. The fourth-order valence-corrected chi connectivity index (χ4v) is 2.74. The molecule has 2 aromatic heterocycles. The van der Waals surface area contributed by atoms with E-state index in [9.17, 15) is 0 Å². The predicted molar refractivity (Wildman–Crippen MR) is 76.8 cm³/mol. The summed E-state index contributed by atoms with van der Waals surface area (Å²) in [7, 11) is 1.93. The summed E-state index contributed by atoms with van der Waals surface area (Å²) in [5.74, 6) is 0. The highest BCUT2D eigenvalue weighted by molar-refractivity contribution is 7.16. The maximum Gasteiger partial charge on any atom is 0.114 e. The second kappa shape index (κ2) is 4.39. The van der Waals surface area contributed by atoms with Crippen LogP contribution in [0.4, 0.5) is 5.00 Å². The van der Waals surface area contributed by atoms with Gasteiger partial charge in [0.15, 0.2) is 0 Å². The first-order valence-electron chi connectivity index (χ1n) is 6.12. The summed E-state index contributed by atoms with van der Waals surface area (Å²) in [6.45, 7) is 8.55. The van der Waals surface area contributed by atoms with E-state index in [1.807, 2.05) is 17.9 Å². The van der Waals surface area contributed by atoms with Crippen LogP contribution in [0, 0.1) is 0 Å². The van der Waals surface area contributed by atoms with Crippen molar-refractivity contribution in [3.8, 4) is 11.3 Å². The standard InChI is InChI=1S/C13H20N4S/c1-6-9-8(7-17(5)16-9)10-11(14)18-12(15-10)13(2,3)4/h7H,6,14H2,1-5H3. The number of nitrogens with zero attached hydrogens (tertiary/aromatic N) is 3. The number of nitrogens with two attached hydrogens (primary N) is 1. The molecule has 98 valence electrons. The van der Waals surface area contributed by atoms with Crippen molar-refractivity contribution >= 4 is 16.3 Å². The van der Waals surface area contributed by atoms with Gasteiger partial charge in [0.05, 0.1) is 5.69 Å². The zero-order chi connectivity index (χ0) is 13.5. The molecule has 18 heavy (non-hydrogen) atoms. The van der Waals surface area contributed by atoms with Crippen LogP contribution in [0.25, 0.3) is 11.3 Å². The second-order valence-electron chi connectivity index (χ2n) is 5.50. The molecule has 0 aliphatic heterocycles. The Hall–Kier alpha value is -1.36. The van der Waals surface area contributed by atoms with Crippen LogP contribution in [0.3, 0.4) is 0 Å². The van der Waals surface area contributed by atoms with E-state index < -0.39 is 0 Å². The molecule has 2 rings (SSSR count). The summed E-state index contributed by atoms with van der Waals surface area (Å²) in [5.41, 5.74) is 9.15. The van der Waals surface area contributed by atoms with Crippen LogP contribution in [0.15, 0.2) is 6.20 Å². The van der Waals surface area contributed by atoms with Gasteiger partial charge in [-0.05, 0) is 6.42 Å². The summed E-state index contributed by atoms with van der Waals surface area (Å²) in [6, 6.07) is 0. The Morgan fingerprint density at radius 3 is 2.56 bits per heavy atom. The summed E-state index contributed by atoms with van der Waals surface area (Å²) in [5, 5.41) is 6.29. The van der Waals surface area contributed by atoms with Gasteiger partial charge in [0.1, 0.15) is 15.7 Å². The number of thiazole rings is 1. The van der Waals surface area contributed by atoms with E-state index in [0.717, 1.165) is 33.4 Å². The lowest BCUT2D eigenvalue weighted by molar-refractivity contribution is 0.586. The minimum absolute atomic E-state index is 0.0334. The number of hydrogen-bond donors (Lipinski definition) is 1. The van der Waals surface area contributed by atoms with Crippen molar-refractivity contribution in [2.45, 2.75) is 39.5 Å². The average molecular weight is 264 g/mol. The molecule has 5 heteroatoms. The average Bonchev–Trinajstić information content (AvgIpc) is 2.80. The molecule has 0 unspecified atom stereocenters. The molecule has 2 N–H and O–H groups in total. The van der Waals surface area contributed by atoms with Crippen molar-refractivity contribution in [1.29, 1.82) is 0 Å². The summed E-state index contributed by atoms with van der Waals surface area (Å²) < 4.78 is 1.82. The number of aromatic nitrogens is 3. The summed E-state index contributed by atoms with van der Waals surface area (Å²) >= 11 is 1.57. The zero-order valence-corrected chi connectivity index (χ0v) is 12.4. The molecule has 0 fully saturated rings. The maximum atomic E-state index is 6.12. The maximum absolute atomic E-state index is 6.12. The lowest BCUT2D eigenvalue weighted by Crippen LogP contribution is -2.10. The van der Waals surface area contributed by atoms with Gasteiger partial charge < -0.3 is 5.73 Å². The highest BCUT2D eigenvalue weighted by atomic mass is 32.1. The van der Waals surface area contributed by atoms with E-state index in [2.05, 4.69) is 32.8 Å². The number of rotatable bonds is 2. The van der Waals surface area contributed by atoms with Crippen LogP contribution in [0.2, 0.25) is 0 Å². The molecule has 0 saturated carbocycles. The van der Waals surface area contributed by atoms with E-state index in [-0.39, 0.29) is 5.41 Å². The molecular weight excluding hydrogens is 244 g/mol. The molecule has 4 nitrogen and oxygen atoms in total. The number of nitrogen functional groups attached to an aromatic ring is 1. The lowest BCUT2D eigenvalue weighted by atomic mass is 9.98. The van der Waals surface area contributed by atoms with Gasteiger partial charge in [0, 0.05) is 24.2 Å². The highest BCUT2D eigenvalue weighted by Crippen LogP contribution is 2.37. The second-order valence-corrected chi connectivity index (χ2v) is 6.53. The molecule has 0 radical (unpaired) electrons. The first kappa shape index (κ1) is 13.1. The van der Waals surface area contributed by atoms with Gasteiger partial charge >= 0.3 is 0 Å². The van der Waals surface area contributed by atoms with E-state index >= 15 is 0 Å². The lowest BCUT2D eigenvalue weighted by Gasteiger charge is -2.13.